The Bertz CT molecular complexity index is 959. The minimum Gasteiger partial charge on any atom is -0.508 e. The van der Waals surface area contributed by atoms with Gasteiger partial charge in [0.2, 0.25) is 0 Å². The molecule has 3 N–H and O–H groups in total. The third-order valence-electron chi connectivity index (χ3n) is 4.09. The van der Waals surface area contributed by atoms with Gasteiger partial charge in [0.15, 0.2) is 0 Å². The Kier molecular flexibility index (Phi) is 3.88. The van der Waals surface area contributed by atoms with Crippen molar-refractivity contribution in [1.82, 2.24) is 9.97 Å². The average molecular weight is 316 g/mol. The van der Waals surface area contributed by atoms with E-state index in [0.717, 1.165) is 22.3 Å². The van der Waals surface area contributed by atoms with Gasteiger partial charge in [-0.3, -0.25) is 0 Å². The second-order valence-electron chi connectivity index (χ2n) is 5.59. The number of hydrogen-bond donors (Lipinski definition) is 2. The summed E-state index contributed by atoms with van der Waals surface area (Å²) >= 11 is 0. The maximum atomic E-state index is 10.1. The van der Waals surface area contributed by atoms with E-state index in [1.54, 1.807) is 24.4 Å². The summed E-state index contributed by atoms with van der Waals surface area (Å²) in [5, 5.41) is 19.5. The normalized spacial score (nSPS) is 10.4. The van der Waals surface area contributed by atoms with Crippen LogP contribution in [0.3, 0.4) is 0 Å². The number of nitriles is 1. The maximum absolute atomic E-state index is 10.1. The fourth-order valence-corrected chi connectivity index (χ4v) is 2.81. The highest BCUT2D eigenvalue weighted by Crippen LogP contribution is 2.39. The van der Waals surface area contributed by atoms with Crippen molar-refractivity contribution in [2.45, 2.75) is 13.8 Å². The predicted octanol–water partition coefficient (Wildman–Crippen LogP) is 3.59. The third kappa shape index (κ3) is 2.55. The van der Waals surface area contributed by atoms with Crippen LogP contribution >= 0.6 is 0 Å². The lowest BCUT2D eigenvalue weighted by Crippen LogP contribution is -1.99. The number of phenolic OH excluding ortho intramolecular Hbond substituents is 1. The zero-order valence-electron chi connectivity index (χ0n) is 13.4. The van der Waals surface area contributed by atoms with Gasteiger partial charge in [0.05, 0.1) is 16.9 Å². The lowest BCUT2D eigenvalue weighted by atomic mass is 9.90. The number of hydrogen-bond acceptors (Lipinski definition) is 5. The first-order valence-electron chi connectivity index (χ1n) is 7.42. The molecule has 3 aromatic rings. The summed E-state index contributed by atoms with van der Waals surface area (Å²) in [7, 11) is 0. The van der Waals surface area contributed by atoms with Crippen LogP contribution in [0.1, 0.15) is 16.7 Å². The minimum absolute atomic E-state index is 0.195. The Labute approximate surface area is 140 Å². The van der Waals surface area contributed by atoms with Crippen molar-refractivity contribution in [3.63, 3.8) is 0 Å². The van der Waals surface area contributed by atoms with Crippen LogP contribution < -0.4 is 5.73 Å². The van der Waals surface area contributed by atoms with Gasteiger partial charge in [-0.25, -0.2) is 9.97 Å². The van der Waals surface area contributed by atoms with Crippen LogP contribution in [0.4, 0.5) is 5.69 Å². The van der Waals surface area contributed by atoms with E-state index in [4.69, 9.17) is 5.73 Å². The van der Waals surface area contributed by atoms with E-state index < -0.39 is 0 Å². The number of aromatic hydroxyl groups is 1. The third-order valence-corrected chi connectivity index (χ3v) is 4.09. The van der Waals surface area contributed by atoms with E-state index in [2.05, 4.69) is 16.0 Å². The smallest absolute Gasteiger partial charge is 0.119 e. The Hall–Kier alpha value is -3.39. The first-order chi connectivity index (χ1) is 11.5. The minimum atomic E-state index is 0.195. The molecule has 0 atom stereocenters. The number of aryl methyl sites for hydroxylation is 1. The number of phenols is 1. The zero-order valence-corrected chi connectivity index (χ0v) is 13.4. The van der Waals surface area contributed by atoms with Gasteiger partial charge in [-0.2, -0.15) is 5.26 Å². The highest BCUT2D eigenvalue weighted by molar-refractivity contribution is 5.88. The molecule has 0 aliphatic rings. The molecule has 0 aliphatic carbocycles. The van der Waals surface area contributed by atoms with Gasteiger partial charge in [-0.05, 0) is 54.8 Å². The first-order valence-corrected chi connectivity index (χ1v) is 7.42. The molecule has 0 bridgehead atoms. The zero-order chi connectivity index (χ0) is 17.3. The van der Waals surface area contributed by atoms with Gasteiger partial charge in [0.1, 0.15) is 18.1 Å². The maximum Gasteiger partial charge on any atom is 0.119 e. The van der Waals surface area contributed by atoms with Gasteiger partial charge >= 0.3 is 0 Å². The highest BCUT2D eigenvalue weighted by Gasteiger charge is 2.16. The fraction of sp³-hybridized carbons (Fsp3) is 0.105. The monoisotopic (exact) mass is 316 g/mol. The predicted molar refractivity (Wildman–Crippen MR) is 93.2 cm³/mol. The van der Waals surface area contributed by atoms with Gasteiger partial charge in [-0.1, -0.05) is 6.07 Å². The Morgan fingerprint density at radius 1 is 1.17 bits per heavy atom. The molecule has 0 radical (unpaired) electrons. The number of rotatable bonds is 2. The van der Waals surface area contributed by atoms with Gasteiger partial charge in [0, 0.05) is 17.3 Å². The van der Waals surface area contributed by atoms with Gasteiger partial charge < -0.3 is 10.8 Å². The average Bonchev–Trinajstić information content (AvgIpc) is 2.60. The first kappa shape index (κ1) is 15.5. The van der Waals surface area contributed by atoms with Crippen molar-refractivity contribution >= 4 is 5.69 Å². The number of benzene rings is 2. The summed E-state index contributed by atoms with van der Waals surface area (Å²) in [6.45, 7) is 3.78. The molecule has 0 saturated heterocycles. The molecule has 0 fully saturated rings. The van der Waals surface area contributed by atoms with Crippen molar-refractivity contribution in [3.8, 4) is 34.2 Å². The Balaban J connectivity index is 2.34. The van der Waals surface area contributed by atoms with Gasteiger partial charge in [0.25, 0.3) is 0 Å². The molecule has 118 valence electrons. The van der Waals surface area contributed by atoms with Crippen LogP contribution in [-0.2, 0) is 0 Å². The quantitative estimate of drug-likeness (QED) is 0.704. The summed E-state index contributed by atoms with van der Waals surface area (Å²) in [4.78, 5) is 8.16. The van der Waals surface area contributed by atoms with E-state index in [0.29, 0.717) is 22.5 Å². The molecular weight excluding hydrogens is 300 g/mol. The van der Waals surface area contributed by atoms with Crippen molar-refractivity contribution in [1.29, 1.82) is 5.26 Å². The molecule has 5 nitrogen and oxygen atoms in total. The second kappa shape index (κ2) is 6.01. The van der Waals surface area contributed by atoms with Crippen molar-refractivity contribution < 1.29 is 5.11 Å². The standard InChI is InChI=1S/C19H16N4O/c1-11-3-4-17(24)12(2)18(11)15-8-13(7-14(9-20)19(15)21)16-5-6-22-10-23-16/h3-8,10,24H,21H2,1-2H3. The molecule has 24 heavy (non-hydrogen) atoms. The molecule has 0 saturated carbocycles. The second-order valence-corrected chi connectivity index (χ2v) is 5.59. The summed E-state index contributed by atoms with van der Waals surface area (Å²) in [6.07, 6.45) is 3.11. The summed E-state index contributed by atoms with van der Waals surface area (Å²) in [5.41, 5.74) is 11.7. The van der Waals surface area contributed by atoms with Crippen LogP contribution in [-0.4, -0.2) is 15.1 Å². The van der Waals surface area contributed by atoms with Crippen LogP contribution in [0.25, 0.3) is 22.4 Å². The van der Waals surface area contributed by atoms with Crippen LogP contribution in [0, 0.1) is 25.2 Å². The van der Waals surface area contributed by atoms with E-state index >= 15 is 0 Å². The molecule has 1 heterocycles. The van der Waals surface area contributed by atoms with Gasteiger partial charge in [-0.15, -0.1) is 0 Å². The number of aromatic nitrogens is 2. The Morgan fingerprint density at radius 3 is 2.62 bits per heavy atom. The number of nitrogens with two attached hydrogens (primary N) is 1. The number of nitrogen functional groups attached to an aromatic ring is 1. The SMILES string of the molecule is Cc1ccc(O)c(C)c1-c1cc(-c2ccncn2)cc(C#N)c1N. The fourth-order valence-electron chi connectivity index (χ4n) is 2.81. The van der Waals surface area contributed by atoms with Crippen molar-refractivity contribution in [2.24, 2.45) is 0 Å². The number of nitrogens with zero attached hydrogens (tertiary/aromatic N) is 3. The Morgan fingerprint density at radius 2 is 1.96 bits per heavy atom. The molecule has 0 amide bonds. The molecule has 2 aromatic carbocycles. The van der Waals surface area contributed by atoms with E-state index in [9.17, 15) is 10.4 Å². The molecule has 0 aliphatic heterocycles. The largest absolute Gasteiger partial charge is 0.508 e. The van der Waals surface area contributed by atoms with Crippen molar-refractivity contribution in [2.75, 3.05) is 5.73 Å². The number of anilines is 1. The lowest BCUT2D eigenvalue weighted by Gasteiger charge is -2.16. The molecule has 5 heteroatoms. The molecule has 0 spiro atoms. The van der Waals surface area contributed by atoms with Crippen LogP contribution in [0.2, 0.25) is 0 Å². The highest BCUT2D eigenvalue weighted by atomic mass is 16.3. The summed E-state index contributed by atoms with van der Waals surface area (Å²) in [5.74, 6) is 0.195. The summed E-state index contributed by atoms with van der Waals surface area (Å²) in [6, 6.07) is 11.0. The summed E-state index contributed by atoms with van der Waals surface area (Å²) < 4.78 is 0. The molecule has 3 rings (SSSR count). The molecule has 1 aromatic heterocycles. The lowest BCUT2D eigenvalue weighted by molar-refractivity contribution is 0.471. The van der Waals surface area contributed by atoms with Crippen LogP contribution in [0.15, 0.2) is 42.9 Å². The van der Waals surface area contributed by atoms with E-state index in [1.165, 1.54) is 6.33 Å². The van der Waals surface area contributed by atoms with Crippen molar-refractivity contribution in [3.05, 3.63) is 59.5 Å². The van der Waals surface area contributed by atoms with E-state index in [1.807, 2.05) is 26.0 Å². The van der Waals surface area contributed by atoms with Crippen LogP contribution in [0.5, 0.6) is 5.75 Å². The van der Waals surface area contributed by atoms with E-state index in [-0.39, 0.29) is 5.75 Å². The molecular formula is C19H16N4O. The topological polar surface area (TPSA) is 95.8 Å². The molecule has 0 unspecified atom stereocenters.